The number of carbonyl (C=O) groups is 1. The van der Waals surface area contributed by atoms with Crippen molar-refractivity contribution in [2.24, 2.45) is 5.41 Å². The first-order valence-electron chi connectivity index (χ1n) is 5.96. The largest absolute Gasteiger partial charge is 0.491 e. The molecule has 0 aromatic heterocycles. The summed E-state index contributed by atoms with van der Waals surface area (Å²) >= 11 is 6.06. The number of benzene rings is 1. The number of hydrogen-bond donors (Lipinski definition) is 1. The van der Waals surface area contributed by atoms with E-state index in [0.717, 1.165) is 0 Å². The molecule has 0 saturated heterocycles. The maximum absolute atomic E-state index is 11.5. The van der Waals surface area contributed by atoms with Crippen molar-refractivity contribution in [1.82, 2.24) is 0 Å². The van der Waals surface area contributed by atoms with E-state index in [2.05, 4.69) is 0 Å². The molecule has 0 spiro atoms. The molecule has 1 aromatic carbocycles. The fourth-order valence-corrected chi connectivity index (χ4v) is 1.73. The highest BCUT2D eigenvalue weighted by molar-refractivity contribution is 6.32. The Balaban J connectivity index is 2.76. The molecular weight excluding hydrogens is 268 g/mol. The van der Waals surface area contributed by atoms with Crippen LogP contribution in [0.25, 0.3) is 0 Å². The predicted molar refractivity (Wildman–Crippen MR) is 73.4 cm³/mol. The molecule has 0 fully saturated rings. The second-order valence-corrected chi connectivity index (χ2v) is 5.44. The van der Waals surface area contributed by atoms with Gasteiger partial charge in [-0.2, -0.15) is 0 Å². The van der Waals surface area contributed by atoms with Gasteiger partial charge in [-0.15, -0.1) is 0 Å². The molecule has 1 N–H and O–H groups in total. The fraction of sp³-hybridized carbons (Fsp3) is 0.500. The first-order valence-corrected chi connectivity index (χ1v) is 6.34. The normalized spacial score (nSPS) is 12.9. The van der Waals surface area contributed by atoms with E-state index in [-0.39, 0.29) is 12.6 Å². The van der Waals surface area contributed by atoms with Gasteiger partial charge in [-0.1, -0.05) is 17.7 Å². The Bertz CT molecular complexity index is 455. The summed E-state index contributed by atoms with van der Waals surface area (Å²) in [6.45, 7) is 5.29. The lowest BCUT2D eigenvalue weighted by atomic mass is 9.95. The Hall–Kier alpha value is -1.26. The highest BCUT2D eigenvalue weighted by Gasteiger charge is 2.30. The first kappa shape index (κ1) is 15.8. The van der Waals surface area contributed by atoms with Crippen molar-refractivity contribution < 1.29 is 19.4 Å². The summed E-state index contributed by atoms with van der Waals surface area (Å²) in [4.78, 5) is 11.5. The highest BCUT2D eigenvalue weighted by atomic mass is 35.5. The van der Waals surface area contributed by atoms with Gasteiger partial charge < -0.3 is 14.6 Å². The Labute approximate surface area is 118 Å². The lowest BCUT2D eigenvalue weighted by molar-refractivity contribution is -0.152. The number of aliphatic hydroxyl groups excluding tert-OH is 1. The zero-order valence-electron chi connectivity index (χ0n) is 11.6. The van der Waals surface area contributed by atoms with Crippen LogP contribution in [0.15, 0.2) is 18.2 Å². The molecule has 1 rings (SSSR count). The number of aliphatic hydroxyl groups is 1. The van der Waals surface area contributed by atoms with E-state index < -0.39 is 11.5 Å². The lowest BCUT2D eigenvalue weighted by Gasteiger charge is -2.22. The van der Waals surface area contributed by atoms with E-state index in [1.54, 1.807) is 39.0 Å². The van der Waals surface area contributed by atoms with Gasteiger partial charge in [0.2, 0.25) is 0 Å². The van der Waals surface area contributed by atoms with Crippen LogP contribution in [0.2, 0.25) is 5.02 Å². The molecule has 1 atom stereocenters. The molecule has 0 heterocycles. The van der Waals surface area contributed by atoms with Gasteiger partial charge in [0, 0.05) is 0 Å². The van der Waals surface area contributed by atoms with Crippen LogP contribution in [0.4, 0.5) is 0 Å². The van der Waals surface area contributed by atoms with Crippen LogP contribution in [0.3, 0.4) is 0 Å². The van der Waals surface area contributed by atoms with Gasteiger partial charge in [-0.25, -0.2) is 0 Å². The van der Waals surface area contributed by atoms with Crippen LogP contribution in [-0.2, 0) is 9.53 Å². The second kappa shape index (κ2) is 6.26. The van der Waals surface area contributed by atoms with Gasteiger partial charge in [0.1, 0.15) is 12.4 Å². The van der Waals surface area contributed by atoms with E-state index in [4.69, 9.17) is 21.1 Å². The standard InChI is InChI=1S/C14H19ClO4/c1-9(16)10-5-6-12(11(15)7-10)19-8-14(2,3)13(17)18-4/h5-7,9,16H,8H2,1-4H3. The number of methoxy groups -OCH3 is 1. The number of halogens is 1. The van der Waals surface area contributed by atoms with Crippen molar-refractivity contribution in [1.29, 1.82) is 0 Å². The molecule has 0 bridgehead atoms. The van der Waals surface area contributed by atoms with Crippen molar-refractivity contribution in [2.75, 3.05) is 13.7 Å². The van der Waals surface area contributed by atoms with Crippen LogP contribution in [0.1, 0.15) is 32.4 Å². The van der Waals surface area contributed by atoms with E-state index in [1.807, 2.05) is 0 Å². The molecule has 0 amide bonds. The summed E-state index contributed by atoms with van der Waals surface area (Å²) in [6, 6.07) is 5.06. The van der Waals surface area contributed by atoms with Crippen LogP contribution in [-0.4, -0.2) is 24.8 Å². The Morgan fingerprint density at radius 2 is 2.11 bits per heavy atom. The Kier molecular flexibility index (Phi) is 5.20. The second-order valence-electron chi connectivity index (χ2n) is 5.03. The summed E-state index contributed by atoms with van der Waals surface area (Å²) < 4.78 is 10.2. The molecule has 0 saturated carbocycles. The van der Waals surface area contributed by atoms with Crippen molar-refractivity contribution in [3.05, 3.63) is 28.8 Å². The molecule has 4 nitrogen and oxygen atoms in total. The summed E-state index contributed by atoms with van der Waals surface area (Å²) in [6.07, 6.45) is -0.585. The number of rotatable bonds is 5. The highest BCUT2D eigenvalue weighted by Crippen LogP contribution is 2.29. The van der Waals surface area contributed by atoms with E-state index in [0.29, 0.717) is 16.3 Å². The molecule has 1 aromatic rings. The summed E-state index contributed by atoms with van der Waals surface area (Å²) in [5.74, 6) is 0.132. The summed E-state index contributed by atoms with van der Waals surface area (Å²) in [7, 11) is 1.34. The monoisotopic (exact) mass is 286 g/mol. The zero-order chi connectivity index (χ0) is 14.6. The molecular formula is C14H19ClO4. The lowest BCUT2D eigenvalue weighted by Crippen LogP contribution is -2.32. The molecule has 0 aliphatic heterocycles. The van der Waals surface area contributed by atoms with Crippen molar-refractivity contribution >= 4 is 17.6 Å². The average Bonchev–Trinajstić information content (AvgIpc) is 2.36. The summed E-state index contributed by atoms with van der Waals surface area (Å²) in [5.41, 5.74) is -0.0364. The molecule has 1 unspecified atom stereocenters. The van der Waals surface area contributed by atoms with Crippen molar-refractivity contribution in [3.8, 4) is 5.75 Å². The quantitative estimate of drug-likeness (QED) is 0.846. The van der Waals surface area contributed by atoms with E-state index >= 15 is 0 Å². The Morgan fingerprint density at radius 3 is 2.58 bits per heavy atom. The van der Waals surface area contributed by atoms with Gasteiger partial charge in [0.05, 0.1) is 23.7 Å². The molecule has 106 valence electrons. The third-order valence-electron chi connectivity index (χ3n) is 2.76. The van der Waals surface area contributed by atoms with E-state index in [9.17, 15) is 9.90 Å². The summed E-state index contributed by atoms with van der Waals surface area (Å²) in [5, 5.41) is 9.84. The average molecular weight is 287 g/mol. The zero-order valence-corrected chi connectivity index (χ0v) is 12.3. The van der Waals surface area contributed by atoms with Gasteiger partial charge in [-0.3, -0.25) is 4.79 Å². The van der Waals surface area contributed by atoms with Crippen LogP contribution >= 0.6 is 11.6 Å². The van der Waals surface area contributed by atoms with Gasteiger partial charge in [-0.05, 0) is 38.5 Å². The van der Waals surface area contributed by atoms with Crippen molar-refractivity contribution in [3.63, 3.8) is 0 Å². The number of esters is 1. The number of carbonyl (C=O) groups excluding carboxylic acids is 1. The smallest absolute Gasteiger partial charge is 0.314 e. The molecule has 0 aliphatic carbocycles. The minimum absolute atomic E-state index is 0.160. The SMILES string of the molecule is COC(=O)C(C)(C)COc1ccc(C(C)O)cc1Cl. The van der Waals surface area contributed by atoms with Crippen LogP contribution in [0, 0.1) is 5.41 Å². The minimum atomic E-state index is -0.749. The van der Waals surface area contributed by atoms with Crippen molar-refractivity contribution in [2.45, 2.75) is 26.9 Å². The topological polar surface area (TPSA) is 55.8 Å². The maximum Gasteiger partial charge on any atom is 0.314 e. The number of ether oxygens (including phenoxy) is 2. The van der Waals surface area contributed by atoms with E-state index in [1.165, 1.54) is 7.11 Å². The molecule has 5 heteroatoms. The van der Waals surface area contributed by atoms with Crippen LogP contribution in [0.5, 0.6) is 5.75 Å². The van der Waals surface area contributed by atoms with Gasteiger partial charge in [0.25, 0.3) is 0 Å². The third kappa shape index (κ3) is 4.11. The molecule has 19 heavy (non-hydrogen) atoms. The first-order chi connectivity index (χ1) is 8.77. The fourth-order valence-electron chi connectivity index (χ4n) is 1.49. The Morgan fingerprint density at radius 1 is 1.47 bits per heavy atom. The van der Waals surface area contributed by atoms with Crippen LogP contribution < -0.4 is 4.74 Å². The predicted octanol–water partition coefficient (Wildman–Crippen LogP) is 2.97. The number of hydrogen-bond acceptors (Lipinski definition) is 4. The van der Waals surface area contributed by atoms with Gasteiger partial charge in [0.15, 0.2) is 0 Å². The third-order valence-corrected chi connectivity index (χ3v) is 3.06. The molecule has 0 aliphatic rings. The molecule has 0 radical (unpaired) electrons. The van der Waals surface area contributed by atoms with Gasteiger partial charge >= 0.3 is 5.97 Å². The minimum Gasteiger partial charge on any atom is -0.491 e. The maximum atomic E-state index is 11.5.